The fourth-order valence-electron chi connectivity index (χ4n) is 3.25. The standard InChI is InChI=1S/C20H22F2N2O2/c1-20(11-23)7-8-24(12-20)19(25)16-5-3-13(9-17(16)21)15-6-4-14(26-2)10-18(15)22/h3-6,9-10H,7-8,11-12,23H2,1-2H3. The van der Waals surface area contributed by atoms with Crippen LogP contribution in [0.25, 0.3) is 11.1 Å². The number of likely N-dealkylation sites (tertiary alicyclic amines) is 1. The van der Waals surface area contributed by atoms with Crippen LogP contribution in [0, 0.1) is 17.0 Å². The van der Waals surface area contributed by atoms with Crippen LogP contribution in [0.4, 0.5) is 8.78 Å². The molecular formula is C20H22F2N2O2. The first-order valence-corrected chi connectivity index (χ1v) is 8.50. The van der Waals surface area contributed by atoms with Crippen molar-refractivity contribution in [3.8, 4) is 16.9 Å². The fourth-order valence-corrected chi connectivity index (χ4v) is 3.25. The van der Waals surface area contributed by atoms with Gasteiger partial charge in [-0.25, -0.2) is 8.78 Å². The number of benzene rings is 2. The monoisotopic (exact) mass is 360 g/mol. The second-order valence-electron chi connectivity index (χ2n) is 7.03. The van der Waals surface area contributed by atoms with Crippen LogP contribution in [0.2, 0.25) is 0 Å². The van der Waals surface area contributed by atoms with Gasteiger partial charge in [-0.3, -0.25) is 4.79 Å². The normalized spacial score (nSPS) is 19.7. The summed E-state index contributed by atoms with van der Waals surface area (Å²) >= 11 is 0. The molecule has 1 saturated heterocycles. The van der Waals surface area contributed by atoms with Crippen molar-refractivity contribution in [1.82, 2.24) is 4.90 Å². The number of rotatable bonds is 4. The average Bonchev–Trinajstić information content (AvgIpc) is 3.04. The number of amides is 1. The molecule has 3 rings (SSSR count). The zero-order valence-electron chi connectivity index (χ0n) is 14.9. The first-order chi connectivity index (χ1) is 12.4. The van der Waals surface area contributed by atoms with E-state index in [9.17, 15) is 13.6 Å². The maximum Gasteiger partial charge on any atom is 0.256 e. The SMILES string of the molecule is COc1ccc(-c2ccc(C(=O)N3CCC(C)(CN)C3)c(F)c2)c(F)c1. The van der Waals surface area contributed by atoms with E-state index in [0.29, 0.717) is 30.9 Å². The van der Waals surface area contributed by atoms with Crippen LogP contribution in [0.15, 0.2) is 36.4 Å². The molecule has 1 aliphatic rings. The lowest BCUT2D eigenvalue weighted by Gasteiger charge is -2.22. The molecule has 6 heteroatoms. The molecular weight excluding hydrogens is 338 g/mol. The van der Waals surface area contributed by atoms with Crippen molar-refractivity contribution >= 4 is 5.91 Å². The van der Waals surface area contributed by atoms with Crippen LogP contribution in [0.5, 0.6) is 5.75 Å². The highest BCUT2D eigenvalue weighted by Crippen LogP contribution is 2.31. The summed E-state index contributed by atoms with van der Waals surface area (Å²) in [5.74, 6) is -1.15. The highest BCUT2D eigenvalue weighted by atomic mass is 19.1. The molecule has 0 saturated carbocycles. The summed E-state index contributed by atoms with van der Waals surface area (Å²) in [4.78, 5) is 14.2. The summed E-state index contributed by atoms with van der Waals surface area (Å²) in [6.07, 6.45) is 0.798. The smallest absolute Gasteiger partial charge is 0.256 e. The lowest BCUT2D eigenvalue weighted by atomic mass is 9.90. The number of carbonyl (C=O) groups is 1. The van der Waals surface area contributed by atoms with Gasteiger partial charge in [0.25, 0.3) is 5.91 Å². The van der Waals surface area contributed by atoms with Crippen LogP contribution in [0.1, 0.15) is 23.7 Å². The Morgan fingerprint density at radius 3 is 2.58 bits per heavy atom. The molecule has 4 nitrogen and oxygen atoms in total. The Hall–Kier alpha value is -2.47. The van der Waals surface area contributed by atoms with Gasteiger partial charge in [-0.2, -0.15) is 0 Å². The molecule has 1 unspecified atom stereocenters. The number of ether oxygens (including phenoxy) is 1. The predicted octanol–water partition coefficient (Wildman–Crippen LogP) is 3.45. The molecule has 2 aromatic rings. The van der Waals surface area contributed by atoms with Gasteiger partial charge in [-0.05, 0) is 48.2 Å². The van der Waals surface area contributed by atoms with Crippen molar-refractivity contribution in [3.05, 3.63) is 53.6 Å². The number of hydrogen-bond acceptors (Lipinski definition) is 3. The molecule has 0 spiro atoms. The summed E-state index contributed by atoms with van der Waals surface area (Å²) in [5, 5.41) is 0. The van der Waals surface area contributed by atoms with Crippen LogP contribution in [-0.4, -0.2) is 37.6 Å². The average molecular weight is 360 g/mol. The Labute approximate surface area is 151 Å². The van der Waals surface area contributed by atoms with Gasteiger partial charge >= 0.3 is 0 Å². The fraction of sp³-hybridized carbons (Fsp3) is 0.350. The molecule has 138 valence electrons. The third-order valence-corrected chi connectivity index (χ3v) is 5.02. The van der Waals surface area contributed by atoms with Gasteiger partial charge in [0.15, 0.2) is 0 Å². The topological polar surface area (TPSA) is 55.6 Å². The van der Waals surface area contributed by atoms with Gasteiger partial charge in [0.2, 0.25) is 0 Å². The molecule has 2 aromatic carbocycles. The van der Waals surface area contributed by atoms with Crippen molar-refractivity contribution < 1.29 is 18.3 Å². The van der Waals surface area contributed by atoms with E-state index in [1.54, 1.807) is 17.0 Å². The number of hydrogen-bond donors (Lipinski definition) is 1. The first kappa shape index (κ1) is 18.3. The molecule has 1 amide bonds. The molecule has 0 radical (unpaired) electrons. The second kappa shape index (κ2) is 7.03. The second-order valence-corrected chi connectivity index (χ2v) is 7.03. The highest BCUT2D eigenvalue weighted by Gasteiger charge is 2.35. The molecule has 1 atom stereocenters. The van der Waals surface area contributed by atoms with Gasteiger partial charge in [-0.1, -0.05) is 13.0 Å². The van der Waals surface area contributed by atoms with E-state index in [-0.39, 0.29) is 22.4 Å². The van der Waals surface area contributed by atoms with E-state index in [2.05, 4.69) is 0 Å². The van der Waals surface area contributed by atoms with Crippen LogP contribution in [-0.2, 0) is 0 Å². The Morgan fingerprint density at radius 1 is 1.23 bits per heavy atom. The van der Waals surface area contributed by atoms with Gasteiger partial charge in [-0.15, -0.1) is 0 Å². The van der Waals surface area contributed by atoms with Crippen molar-refractivity contribution in [1.29, 1.82) is 0 Å². The molecule has 0 bridgehead atoms. The molecule has 0 aromatic heterocycles. The van der Waals surface area contributed by atoms with Gasteiger partial charge in [0.1, 0.15) is 17.4 Å². The third-order valence-electron chi connectivity index (χ3n) is 5.02. The van der Waals surface area contributed by atoms with Crippen LogP contribution < -0.4 is 10.5 Å². The minimum absolute atomic E-state index is 0.0102. The summed E-state index contributed by atoms with van der Waals surface area (Å²) in [7, 11) is 1.45. The summed E-state index contributed by atoms with van der Waals surface area (Å²) in [6, 6.07) is 8.53. The maximum atomic E-state index is 14.6. The zero-order valence-corrected chi connectivity index (χ0v) is 14.9. The van der Waals surface area contributed by atoms with E-state index in [1.807, 2.05) is 6.92 Å². The lowest BCUT2D eigenvalue weighted by Crippen LogP contribution is -2.34. The zero-order chi connectivity index (χ0) is 18.9. The number of methoxy groups -OCH3 is 1. The maximum absolute atomic E-state index is 14.6. The Balaban J connectivity index is 1.85. The molecule has 1 fully saturated rings. The minimum Gasteiger partial charge on any atom is -0.497 e. The number of carbonyl (C=O) groups excluding carboxylic acids is 1. The largest absolute Gasteiger partial charge is 0.497 e. The van der Waals surface area contributed by atoms with Gasteiger partial charge < -0.3 is 15.4 Å². The van der Waals surface area contributed by atoms with Crippen molar-refractivity contribution in [3.63, 3.8) is 0 Å². The lowest BCUT2D eigenvalue weighted by molar-refractivity contribution is 0.0772. The Morgan fingerprint density at radius 2 is 2.00 bits per heavy atom. The van der Waals surface area contributed by atoms with Gasteiger partial charge in [0.05, 0.1) is 12.7 Å². The quantitative estimate of drug-likeness (QED) is 0.909. The first-order valence-electron chi connectivity index (χ1n) is 8.50. The van der Waals surface area contributed by atoms with Gasteiger partial charge in [0, 0.05) is 24.7 Å². The highest BCUT2D eigenvalue weighted by molar-refractivity contribution is 5.95. The number of nitrogens with two attached hydrogens (primary N) is 1. The Kier molecular flexibility index (Phi) is 4.96. The van der Waals surface area contributed by atoms with Crippen molar-refractivity contribution in [2.45, 2.75) is 13.3 Å². The van der Waals surface area contributed by atoms with Crippen LogP contribution in [0.3, 0.4) is 0 Å². The van der Waals surface area contributed by atoms with E-state index in [1.165, 1.54) is 31.4 Å². The van der Waals surface area contributed by atoms with E-state index in [4.69, 9.17) is 10.5 Å². The van der Waals surface area contributed by atoms with E-state index < -0.39 is 11.6 Å². The molecule has 0 aliphatic carbocycles. The molecule has 1 heterocycles. The van der Waals surface area contributed by atoms with Crippen molar-refractivity contribution in [2.24, 2.45) is 11.1 Å². The summed E-state index contributed by atoms with van der Waals surface area (Å²) in [5.41, 5.74) is 6.24. The van der Waals surface area contributed by atoms with Crippen LogP contribution >= 0.6 is 0 Å². The molecule has 2 N–H and O–H groups in total. The summed E-state index contributed by atoms with van der Waals surface area (Å²) in [6.45, 7) is 3.57. The van der Waals surface area contributed by atoms with E-state index >= 15 is 0 Å². The number of nitrogens with zero attached hydrogens (tertiary/aromatic N) is 1. The number of halogens is 2. The third kappa shape index (κ3) is 3.42. The molecule has 1 aliphatic heterocycles. The Bertz CT molecular complexity index is 841. The minimum atomic E-state index is -0.663. The van der Waals surface area contributed by atoms with E-state index in [0.717, 1.165) is 6.42 Å². The molecule has 26 heavy (non-hydrogen) atoms. The summed E-state index contributed by atoms with van der Waals surface area (Å²) < 4.78 is 33.7. The predicted molar refractivity (Wildman–Crippen MR) is 96.0 cm³/mol. The van der Waals surface area contributed by atoms with Crippen molar-refractivity contribution in [2.75, 3.05) is 26.7 Å².